The van der Waals surface area contributed by atoms with E-state index in [9.17, 15) is 19.5 Å². The molecule has 3 N–H and O–H groups in total. The van der Waals surface area contributed by atoms with Crippen LogP contribution >= 0.6 is 11.8 Å². The van der Waals surface area contributed by atoms with Crippen molar-refractivity contribution in [3.63, 3.8) is 0 Å². The molecular weight excluding hydrogens is 442 g/mol. The number of hydrogen-bond donors (Lipinski definition) is 3. The fourth-order valence-corrected chi connectivity index (χ4v) is 3.75. The Morgan fingerprint density at radius 3 is 2.36 bits per heavy atom. The first kappa shape index (κ1) is 28.6. The van der Waals surface area contributed by atoms with Crippen molar-refractivity contribution in [2.24, 2.45) is 0 Å². The van der Waals surface area contributed by atoms with Gasteiger partial charge in [-0.3, -0.25) is 9.59 Å². The zero-order valence-corrected chi connectivity index (χ0v) is 21.6. The van der Waals surface area contributed by atoms with Crippen LogP contribution in [-0.2, 0) is 14.3 Å². The van der Waals surface area contributed by atoms with E-state index < -0.39 is 23.8 Å². The van der Waals surface area contributed by atoms with E-state index in [0.717, 1.165) is 0 Å². The van der Waals surface area contributed by atoms with Crippen molar-refractivity contribution in [1.29, 1.82) is 0 Å². The maximum absolute atomic E-state index is 13.7. The number of rotatable bonds is 11. The zero-order valence-electron chi connectivity index (χ0n) is 20.8. The Labute approximate surface area is 201 Å². The van der Waals surface area contributed by atoms with Crippen molar-refractivity contribution < 1.29 is 24.2 Å². The number of nitrogens with zero attached hydrogens (tertiary/aromatic N) is 1. The summed E-state index contributed by atoms with van der Waals surface area (Å²) in [5.41, 5.74) is -0.211. The first-order valence-electron chi connectivity index (χ1n) is 11.3. The molecule has 0 fully saturated rings. The first-order chi connectivity index (χ1) is 15.4. The lowest BCUT2D eigenvalue weighted by molar-refractivity contribution is -0.142. The average Bonchev–Trinajstić information content (AvgIpc) is 2.68. The Hall–Kier alpha value is -2.42. The Morgan fingerprint density at radius 1 is 1.18 bits per heavy atom. The van der Waals surface area contributed by atoms with Crippen molar-refractivity contribution >= 4 is 29.7 Å². The predicted octanol–water partition coefficient (Wildman–Crippen LogP) is 3.84. The van der Waals surface area contributed by atoms with Crippen LogP contribution in [0.1, 0.15) is 66.0 Å². The lowest BCUT2D eigenvalue weighted by Crippen LogP contribution is -2.53. The van der Waals surface area contributed by atoms with E-state index in [-0.39, 0.29) is 23.6 Å². The maximum atomic E-state index is 13.7. The fraction of sp³-hybridized carbons (Fsp3) is 0.625. The SMILES string of the molecule is CCCN(C(=O)C(CCSC)NC(=O)OC(C)(C)C)C(C(=O)NC(C)C)c1cccc(O)c1. The van der Waals surface area contributed by atoms with Crippen LogP contribution in [0.4, 0.5) is 4.79 Å². The molecule has 1 rings (SSSR count). The van der Waals surface area contributed by atoms with E-state index >= 15 is 0 Å². The van der Waals surface area contributed by atoms with E-state index in [1.807, 2.05) is 27.0 Å². The van der Waals surface area contributed by atoms with Gasteiger partial charge in [-0.25, -0.2) is 4.79 Å². The highest BCUT2D eigenvalue weighted by atomic mass is 32.2. The smallest absolute Gasteiger partial charge is 0.408 e. The summed E-state index contributed by atoms with van der Waals surface area (Å²) < 4.78 is 5.36. The summed E-state index contributed by atoms with van der Waals surface area (Å²) in [6.07, 6.45) is 2.24. The first-order valence-corrected chi connectivity index (χ1v) is 12.7. The molecule has 0 saturated heterocycles. The topological polar surface area (TPSA) is 108 Å². The van der Waals surface area contributed by atoms with Gasteiger partial charge in [0.05, 0.1) is 0 Å². The number of phenolic OH excluding ortho intramolecular Hbond substituents is 1. The number of alkyl carbamates (subject to hydrolysis) is 1. The molecule has 0 aromatic heterocycles. The highest BCUT2D eigenvalue weighted by molar-refractivity contribution is 7.98. The third-order valence-corrected chi connectivity index (χ3v) is 5.17. The largest absolute Gasteiger partial charge is 0.508 e. The fourth-order valence-electron chi connectivity index (χ4n) is 3.28. The molecule has 0 aliphatic heterocycles. The quantitative estimate of drug-likeness (QED) is 0.443. The highest BCUT2D eigenvalue weighted by Gasteiger charge is 2.36. The minimum atomic E-state index is -0.954. The number of aromatic hydroxyl groups is 1. The van der Waals surface area contributed by atoms with Gasteiger partial charge >= 0.3 is 6.09 Å². The van der Waals surface area contributed by atoms with E-state index in [1.54, 1.807) is 44.7 Å². The summed E-state index contributed by atoms with van der Waals surface area (Å²) in [5, 5.41) is 15.6. The molecule has 0 saturated carbocycles. The summed E-state index contributed by atoms with van der Waals surface area (Å²) >= 11 is 1.56. The van der Waals surface area contributed by atoms with Crippen LogP contribution in [0.15, 0.2) is 24.3 Å². The van der Waals surface area contributed by atoms with Gasteiger partial charge in [0.15, 0.2) is 0 Å². The van der Waals surface area contributed by atoms with Gasteiger partial charge in [-0.05, 0) is 77.2 Å². The molecule has 0 aliphatic rings. The molecule has 33 heavy (non-hydrogen) atoms. The second-order valence-corrected chi connectivity index (χ2v) is 10.2. The minimum Gasteiger partial charge on any atom is -0.508 e. The molecule has 0 spiro atoms. The van der Waals surface area contributed by atoms with Gasteiger partial charge < -0.3 is 25.4 Å². The Balaban J connectivity index is 3.37. The lowest BCUT2D eigenvalue weighted by Gasteiger charge is -2.34. The van der Waals surface area contributed by atoms with E-state index in [4.69, 9.17) is 4.74 Å². The van der Waals surface area contributed by atoms with E-state index in [0.29, 0.717) is 30.7 Å². The Kier molecular flexibility index (Phi) is 11.6. The van der Waals surface area contributed by atoms with Crippen LogP contribution < -0.4 is 10.6 Å². The number of nitrogens with one attached hydrogen (secondary N) is 2. The molecule has 9 heteroatoms. The zero-order chi connectivity index (χ0) is 25.2. The molecule has 2 unspecified atom stereocenters. The molecule has 0 bridgehead atoms. The van der Waals surface area contributed by atoms with Crippen LogP contribution in [0.5, 0.6) is 5.75 Å². The number of hydrogen-bond acceptors (Lipinski definition) is 6. The van der Waals surface area contributed by atoms with Gasteiger partial charge in [0.25, 0.3) is 0 Å². The standard InChI is InChI=1S/C24H39N3O5S/c1-8-13-27(20(21(29)25-16(2)3)17-10-9-11-18(28)15-17)22(30)19(12-14-33-7)26-23(31)32-24(4,5)6/h9-11,15-16,19-20,28H,8,12-14H2,1-7H3,(H,25,29)(H,26,31). The second-order valence-electron chi connectivity index (χ2n) is 9.17. The van der Waals surface area contributed by atoms with Gasteiger partial charge in [-0.1, -0.05) is 19.1 Å². The molecule has 186 valence electrons. The molecule has 0 radical (unpaired) electrons. The van der Waals surface area contributed by atoms with Crippen LogP contribution in [0, 0.1) is 0 Å². The normalized spacial score (nSPS) is 13.2. The summed E-state index contributed by atoms with van der Waals surface area (Å²) in [6, 6.07) is 4.40. The van der Waals surface area contributed by atoms with Crippen molar-refractivity contribution in [2.45, 2.75) is 78.1 Å². The van der Waals surface area contributed by atoms with Gasteiger partial charge in [-0.2, -0.15) is 11.8 Å². The van der Waals surface area contributed by atoms with Crippen molar-refractivity contribution in [2.75, 3.05) is 18.6 Å². The van der Waals surface area contributed by atoms with Gasteiger partial charge in [0.1, 0.15) is 23.4 Å². The number of ether oxygens (including phenoxy) is 1. The maximum Gasteiger partial charge on any atom is 0.408 e. The minimum absolute atomic E-state index is 0.00422. The highest BCUT2D eigenvalue weighted by Crippen LogP contribution is 2.26. The van der Waals surface area contributed by atoms with Gasteiger partial charge in [0, 0.05) is 12.6 Å². The Bertz CT molecular complexity index is 795. The van der Waals surface area contributed by atoms with E-state index in [2.05, 4.69) is 10.6 Å². The average molecular weight is 482 g/mol. The molecule has 8 nitrogen and oxygen atoms in total. The number of carbonyl (C=O) groups excluding carboxylic acids is 3. The molecule has 1 aromatic rings. The lowest BCUT2D eigenvalue weighted by atomic mass is 10.0. The van der Waals surface area contributed by atoms with Crippen molar-refractivity contribution in [3.8, 4) is 5.75 Å². The third kappa shape index (κ3) is 9.94. The molecular formula is C24H39N3O5S. The molecule has 1 aromatic carbocycles. The number of phenols is 1. The number of benzene rings is 1. The summed E-state index contributed by atoms with van der Waals surface area (Å²) in [4.78, 5) is 40.9. The predicted molar refractivity (Wildman–Crippen MR) is 132 cm³/mol. The number of amides is 3. The number of carbonyl (C=O) groups is 3. The van der Waals surface area contributed by atoms with Gasteiger partial charge in [-0.15, -0.1) is 0 Å². The number of thioether (sulfide) groups is 1. The van der Waals surface area contributed by atoms with E-state index in [1.165, 1.54) is 17.0 Å². The Morgan fingerprint density at radius 2 is 1.85 bits per heavy atom. The van der Waals surface area contributed by atoms with Crippen LogP contribution in [0.2, 0.25) is 0 Å². The molecule has 2 atom stereocenters. The van der Waals surface area contributed by atoms with Crippen molar-refractivity contribution in [3.05, 3.63) is 29.8 Å². The van der Waals surface area contributed by atoms with Crippen LogP contribution in [-0.4, -0.2) is 64.2 Å². The summed E-state index contributed by atoms with van der Waals surface area (Å²) in [7, 11) is 0. The van der Waals surface area contributed by atoms with Gasteiger partial charge in [0.2, 0.25) is 11.8 Å². The monoisotopic (exact) mass is 481 g/mol. The van der Waals surface area contributed by atoms with Crippen molar-refractivity contribution in [1.82, 2.24) is 15.5 Å². The molecule has 0 aliphatic carbocycles. The molecule has 0 heterocycles. The molecule has 3 amide bonds. The van der Waals surface area contributed by atoms with Crippen LogP contribution in [0.3, 0.4) is 0 Å². The summed E-state index contributed by atoms with van der Waals surface area (Å²) in [5.74, 6) is -0.0758. The summed E-state index contributed by atoms with van der Waals surface area (Å²) in [6.45, 7) is 11.2. The third-order valence-electron chi connectivity index (χ3n) is 4.52. The van der Waals surface area contributed by atoms with Crippen LogP contribution in [0.25, 0.3) is 0 Å². The second kappa shape index (κ2) is 13.3.